The van der Waals surface area contributed by atoms with E-state index < -0.39 is 0 Å². The Morgan fingerprint density at radius 2 is 2.16 bits per heavy atom. The minimum Gasteiger partial charge on any atom is -0.450 e. The Hall–Kier alpha value is -0.770. The molecule has 1 saturated heterocycles. The first-order valence-corrected chi connectivity index (χ1v) is 7.60. The van der Waals surface area contributed by atoms with Crippen LogP contribution < -0.4 is 5.32 Å². The van der Waals surface area contributed by atoms with E-state index >= 15 is 0 Å². The Labute approximate surface area is 115 Å². The zero-order valence-electron chi connectivity index (χ0n) is 12.5. The number of hydrogen-bond acceptors (Lipinski definition) is 3. The lowest BCUT2D eigenvalue weighted by molar-refractivity contribution is 0.0381. The molecule has 19 heavy (non-hydrogen) atoms. The largest absolute Gasteiger partial charge is 0.450 e. The van der Waals surface area contributed by atoms with Gasteiger partial charge in [0.05, 0.1) is 12.6 Å². The van der Waals surface area contributed by atoms with Crippen LogP contribution >= 0.6 is 0 Å². The number of carbonyl (C=O) groups is 1. The average Bonchev–Trinajstić information content (AvgIpc) is 2.70. The maximum atomic E-state index is 12.2. The Bertz CT molecular complexity index is 396. The summed E-state index contributed by atoms with van der Waals surface area (Å²) in [5.74, 6) is 0.597. The van der Waals surface area contributed by atoms with Crippen molar-refractivity contribution in [2.45, 2.75) is 52.6 Å². The van der Waals surface area contributed by atoms with Gasteiger partial charge in [0.15, 0.2) is 0 Å². The Morgan fingerprint density at radius 3 is 2.84 bits per heavy atom. The minimum absolute atomic E-state index is 0.119. The van der Waals surface area contributed by atoms with E-state index in [2.05, 4.69) is 26.1 Å². The van der Waals surface area contributed by atoms with Gasteiger partial charge < -0.3 is 15.0 Å². The average molecular weight is 266 g/mol. The van der Waals surface area contributed by atoms with Gasteiger partial charge in [-0.25, -0.2) is 4.79 Å². The highest BCUT2D eigenvalue weighted by Crippen LogP contribution is 2.66. The summed E-state index contributed by atoms with van der Waals surface area (Å²) in [6, 6.07) is 0.751. The standard InChI is InChI=1S/C15H26N2O2/c1-5-19-13(18)17-9-8-16-12-11(17)10-6-7-15(12,4)14(10,2)3/h10-12,16H,5-9H2,1-4H3. The van der Waals surface area contributed by atoms with Gasteiger partial charge in [-0.05, 0) is 36.5 Å². The van der Waals surface area contributed by atoms with Crippen LogP contribution in [0.15, 0.2) is 0 Å². The number of amides is 1. The molecule has 4 unspecified atom stereocenters. The molecule has 2 bridgehead atoms. The highest BCUT2D eigenvalue weighted by molar-refractivity contribution is 5.68. The van der Waals surface area contributed by atoms with Crippen LogP contribution in [0.1, 0.15) is 40.5 Å². The van der Waals surface area contributed by atoms with Crippen molar-refractivity contribution in [3.8, 4) is 0 Å². The van der Waals surface area contributed by atoms with Crippen molar-refractivity contribution in [1.29, 1.82) is 0 Å². The number of rotatable bonds is 1. The lowest BCUT2D eigenvalue weighted by Crippen LogP contribution is -2.63. The molecule has 1 amide bonds. The van der Waals surface area contributed by atoms with E-state index in [1.165, 1.54) is 12.8 Å². The summed E-state index contributed by atoms with van der Waals surface area (Å²) in [6.07, 6.45) is 2.39. The maximum Gasteiger partial charge on any atom is 0.410 e. The van der Waals surface area contributed by atoms with Crippen molar-refractivity contribution in [2.24, 2.45) is 16.7 Å². The third-order valence-electron chi connectivity index (χ3n) is 6.39. The van der Waals surface area contributed by atoms with Crippen molar-refractivity contribution in [3.05, 3.63) is 0 Å². The first-order chi connectivity index (χ1) is 8.93. The van der Waals surface area contributed by atoms with E-state index in [1.807, 2.05) is 11.8 Å². The maximum absolute atomic E-state index is 12.2. The van der Waals surface area contributed by atoms with Gasteiger partial charge in [0.1, 0.15) is 0 Å². The smallest absolute Gasteiger partial charge is 0.410 e. The molecule has 0 aromatic rings. The van der Waals surface area contributed by atoms with Crippen LogP contribution in [0, 0.1) is 16.7 Å². The van der Waals surface area contributed by atoms with E-state index in [-0.39, 0.29) is 6.09 Å². The minimum atomic E-state index is -0.119. The highest BCUT2D eigenvalue weighted by atomic mass is 16.6. The monoisotopic (exact) mass is 266 g/mol. The third kappa shape index (κ3) is 1.52. The molecule has 4 atom stereocenters. The number of fused-ring (bicyclic) bond motifs is 5. The molecule has 0 aromatic carbocycles. The van der Waals surface area contributed by atoms with Crippen LogP contribution in [0.5, 0.6) is 0 Å². The second kappa shape index (κ2) is 4.11. The van der Waals surface area contributed by atoms with Crippen molar-refractivity contribution >= 4 is 6.09 Å². The first-order valence-electron chi connectivity index (χ1n) is 7.60. The summed E-state index contributed by atoms with van der Waals surface area (Å²) < 4.78 is 5.26. The Morgan fingerprint density at radius 1 is 1.42 bits per heavy atom. The zero-order valence-corrected chi connectivity index (χ0v) is 12.5. The molecule has 0 radical (unpaired) electrons. The fourth-order valence-electron chi connectivity index (χ4n) is 4.98. The number of nitrogens with one attached hydrogen (secondary N) is 1. The predicted molar refractivity (Wildman–Crippen MR) is 73.9 cm³/mol. The predicted octanol–water partition coefficient (Wildman–Crippen LogP) is 2.24. The Balaban J connectivity index is 1.92. The van der Waals surface area contributed by atoms with Crippen molar-refractivity contribution in [3.63, 3.8) is 0 Å². The van der Waals surface area contributed by atoms with Gasteiger partial charge in [-0.3, -0.25) is 0 Å². The van der Waals surface area contributed by atoms with Crippen LogP contribution in [0.3, 0.4) is 0 Å². The molecule has 2 saturated carbocycles. The van der Waals surface area contributed by atoms with Crippen LogP contribution in [0.25, 0.3) is 0 Å². The molecule has 3 fully saturated rings. The van der Waals surface area contributed by atoms with Gasteiger partial charge in [0, 0.05) is 19.1 Å². The fraction of sp³-hybridized carbons (Fsp3) is 0.933. The molecule has 3 rings (SSSR count). The summed E-state index contributed by atoms with van der Waals surface area (Å²) in [6.45, 7) is 11.2. The molecular formula is C15H26N2O2. The van der Waals surface area contributed by atoms with Crippen molar-refractivity contribution in [1.82, 2.24) is 10.2 Å². The van der Waals surface area contributed by atoms with Gasteiger partial charge in [-0.1, -0.05) is 20.8 Å². The lowest BCUT2D eigenvalue weighted by atomic mass is 9.69. The lowest BCUT2D eigenvalue weighted by Gasteiger charge is -2.46. The molecule has 0 spiro atoms. The quantitative estimate of drug-likeness (QED) is 0.791. The van der Waals surface area contributed by atoms with E-state index in [0.29, 0.717) is 35.4 Å². The van der Waals surface area contributed by atoms with E-state index in [4.69, 9.17) is 4.74 Å². The van der Waals surface area contributed by atoms with Gasteiger partial charge >= 0.3 is 6.09 Å². The molecule has 4 nitrogen and oxygen atoms in total. The molecule has 1 N–H and O–H groups in total. The van der Waals surface area contributed by atoms with Crippen LogP contribution in [0.2, 0.25) is 0 Å². The third-order valence-corrected chi connectivity index (χ3v) is 6.39. The second-order valence-corrected chi connectivity index (χ2v) is 7.10. The second-order valence-electron chi connectivity index (χ2n) is 7.10. The van der Waals surface area contributed by atoms with Crippen LogP contribution in [-0.4, -0.2) is 42.8 Å². The topological polar surface area (TPSA) is 41.6 Å². The summed E-state index contributed by atoms with van der Waals surface area (Å²) >= 11 is 0. The highest BCUT2D eigenvalue weighted by Gasteiger charge is 2.68. The Kier molecular flexibility index (Phi) is 2.86. The van der Waals surface area contributed by atoms with Crippen LogP contribution in [-0.2, 0) is 4.74 Å². The molecule has 2 aliphatic carbocycles. The number of ether oxygens (including phenoxy) is 1. The van der Waals surface area contributed by atoms with E-state index in [1.54, 1.807) is 0 Å². The molecule has 4 heteroatoms. The number of piperazine rings is 1. The molecule has 108 valence electrons. The van der Waals surface area contributed by atoms with Gasteiger partial charge in [-0.2, -0.15) is 0 Å². The first kappa shape index (κ1) is 13.2. The van der Waals surface area contributed by atoms with Crippen molar-refractivity contribution < 1.29 is 9.53 Å². The van der Waals surface area contributed by atoms with Gasteiger partial charge in [0.2, 0.25) is 0 Å². The summed E-state index contributed by atoms with van der Waals surface area (Å²) in [5, 5.41) is 3.69. The molecular weight excluding hydrogens is 240 g/mol. The summed E-state index contributed by atoms with van der Waals surface area (Å²) in [5.41, 5.74) is 0.595. The molecule has 3 aliphatic rings. The van der Waals surface area contributed by atoms with E-state index in [9.17, 15) is 4.79 Å². The number of nitrogens with zero attached hydrogens (tertiary/aromatic N) is 1. The molecule has 1 aliphatic heterocycles. The molecule has 1 heterocycles. The van der Waals surface area contributed by atoms with Gasteiger partial charge in [0.25, 0.3) is 0 Å². The normalized spacial score (nSPS) is 43.2. The fourth-order valence-corrected chi connectivity index (χ4v) is 4.98. The van der Waals surface area contributed by atoms with Gasteiger partial charge in [-0.15, -0.1) is 0 Å². The zero-order chi connectivity index (χ0) is 13.8. The number of carbonyl (C=O) groups excluding carboxylic acids is 1. The number of hydrogen-bond donors (Lipinski definition) is 1. The summed E-state index contributed by atoms with van der Waals surface area (Å²) in [4.78, 5) is 14.2. The van der Waals surface area contributed by atoms with Crippen LogP contribution in [0.4, 0.5) is 4.79 Å². The SMILES string of the molecule is CCOC(=O)N1CCNC2C1C1CCC2(C)C1(C)C. The summed E-state index contributed by atoms with van der Waals surface area (Å²) in [7, 11) is 0. The van der Waals surface area contributed by atoms with Crippen molar-refractivity contribution in [2.75, 3.05) is 19.7 Å². The van der Waals surface area contributed by atoms with E-state index in [0.717, 1.165) is 13.1 Å². The molecule has 0 aromatic heterocycles.